The Bertz CT molecular complexity index is 1320. The number of nitrogens with zero attached hydrogens (tertiary/aromatic N) is 2. The Morgan fingerprint density at radius 2 is 1.62 bits per heavy atom. The maximum atomic E-state index is 13.7. The second kappa shape index (κ2) is 13.3. The van der Waals surface area contributed by atoms with Crippen molar-refractivity contribution < 1.29 is 31.9 Å². The number of nitroso groups, excluding NO2 is 1. The number of ether oxygens (including phenoxy) is 2. The van der Waals surface area contributed by atoms with E-state index >= 15 is 0 Å². The molecular formula is C27H31FN2O7S2. The summed E-state index contributed by atoms with van der Waals surface area (Å²) in [6.45, 7) is 2.49. The van der Waals surface area contributed by atoms with Crippen molar-refractivity contribution in [2.24, 2.45) is 4.58 Å². The predicted octanol–water partition coefficient (Wildman–Crippen LogP) is 4.52. The molecule has 39 heavy (non-hydrogen) atoms. The molecule has 0 aliphatic carbocycles. The van der Waals surface area contributed by atoms with Gasteiger partial charge in [0.15, 0.2) is 9.84 Å². The van der Waals surface area contributed by atoms with Crippen LogP contribution in [0.5, 0.6) is 0 Å². The van der Waals surface area contributed by atoms with Crippen LogP contribution >= 0.6 is 11.9 Å². The van der Waals surface area contributed by atoms with E-state index in [2.05, 4.69) is 9.48 Å². The molecule has 12 heteroatoms. The standard InChI is InChI=1S/C27H31FN2O7S2/c1-19(31)37-18-24(20-6-10-23(11-7-20)39(3,34)35)25(21-4-8-22(28)9-5-21)26(32)36-17-14-27(38-29-33)12-15-30(2)16-13-27/h4-11H,12-18H2,1-3H3/b25-24+. The number of sulfone groups is 1. The second-order valence-corrected chi connectivity index (χ2v) is 12.7. The van der Waals surface area contributed by atoms with E-state index in [0.29, 0.717) is 30.4 Å². The minimum atomic E-state index is -3.47. The van der Waals surface area contributed by atoms with Crippen LogP contribution < -0.4 is 0 Å². The molecule has 0 atom stereocenters. The molecule has 210 valence electrons. The fraction of sp³-hybridized carbons (Fsp3) is 0.407. The van der Waals surface area contributed by atoms with Crippen molar-refractivity contribution in [3.63, 3.8) is 0 Å². The molecule has 1 aliphatic rings. The van der Waals surface area contributed by atoms with Gasteiger partial charge >= 0.3 is 11.9 Å². The van der Waals surface area contributed by atoms with E-state index < -0.39 is 32.3 Å². The first kappa shape index (κ1) is 30.5. The Morgan fingerprint density at radius 1 is 1.03 bits per heavy atom. The Hall–Kier alpha value is -3.09. The summed E-state index contributed by atoms with van der Waals surface area (Å²) >= 11 is 0.969. The third-order valence-corrected chi connectivity index (χ3v) is 8.81. The summed E-state index contributed by atoms with van der Waals surface area (Å²) in [5.41, 5.74) is 1.06. The van der Waals surface area contributed by atoms with E-state index in [4.69, 9.17) is 9.47 Å². The third-order valence-electron chi connectivity index (χ3n) is 6.61. The number of carbonyl (C=O) groups excluding carboxylic acids is 2. The summed E-state index contributed by atoms with van der Waals surface area (Å²) in [6, 6.07) is 11.0. The highest BCUT2D eigenvalue weighted by atomic mass is 32.2. The molecule has 1 saturated heterocycles. The zero-order valence-corrected chi connectivity index (χ0v) is 23.6. The quantitative estimate of drug-likeness (QED) is 0.125. The number of esters is 2. The Morgan fingerprint density at radius 3 is 2.15 bits per heavy atom. The lowest BCUT2D eigenvalue weighted by Gasteiger charge is -2.37. The summed E-state index contributed by atoms with van der Waals surface area (Å²) < 4.78 is 51.1. The summed E-state index contributed by atoms with van der Waals surface area (Å²) in [4.78, 5) is 38.6. The topological polar surface area (TPSA) is 119 Å². The second-order valence-electron chi connectivity index (χ2n) is 9.48. The highest BCUT2D eigenvalue weighted by Gasteiger charge is 2.36. The fourth-order valence-corrected chi connectivity index (χ4v) is 5.63. The number of rotatable bonds is 11. The van der Waals surface area contributed by atoms with Crippen LogP contribution in [0.25, 0.3) is 11.1 Å². The van der Waals surface area contributed by atoms with E-state index in [1.54, 1.807) is 0 Å². The van der Waals surface area contributed by atoms with Crippen molar-refractivity contribution in [3.8, 4) is 0 Å². The van der Waals surface area contributed by atoms with Crippen molar-refractivity contribution >= 4 is 44.9 Å². The summed E-state index contributed by atoms with van der Waals surface area (Å²) in [6.07, 6.45) is 2.90. The number of likely N-dealkylation sites (tertiary alicyclic amines) is 1. The van der Waals surface area contributed by atoms with Crippen molar-refractivity contribution in [2.45, 2.75) is 35.8 Å². The molecule has 0 unspecified atom stereocenters. The highest BCUT2D eigenvalue weighted by molar-refractivity contribution is 7.99. The zero-order chi connectivity index (χ0) is 28.6. The van der Waals surface area contributed by atoms with Crippen LogP contribution in [0.3, 0.4) is 0 Å². The summed E-state index contributed by atoms with van der Waals surface area (Å²) in [5.74, 6) is -1.83. The lowest BCUT2D eigenvalue weighted by Crippen LogP contribution is -2.41. The molecule has 3 rings (SSSR count). The molecule has 1 heterocycles. The number of hydrogen-bond acceptors (Lipinski definition) is 10. The molecule has 0 saturated carbocycles. The Kier molecular flexibility index (Phi) is 10.4. The molecule has 1 fully saturated rings. The average molecular weight is 579 g/mol. The van der Waals surface area contributed by atoms with Crippen LogP contribution in [-0.4, -0.2) is 69.6 Å². The third kappa shape index (κ3) is 8.45. The maximum absolute atomic E-state index is 13.7. The molecule has 0 radical (unpaired) electrons. The predicted molar refractivity (Wildman–Crippen MR) is 148 cm³/mol. The van der Waals surface area contributed by atoms with E-state index in [1.165, 1.54) is 55.5 Å². The molecular weight excluding hydrogens is 547 g/mol. The zero-order valence-electron chi connectivity index (χ0n) is 22.0. The molecule has 2 aromatic carbocycles. The van der Waals surface area contributed by atoms with E-state index in [9.17, 15) is 27.3 Å². The monoisotopic (exact) mass is 578 g/mol. The Balaban J connectivity index is 1.99. The van der Waals surface area contributed by atoms with Gasteiger partial charge in [0.25, 0.3) is 0 Å². The highest BCUT2D eigenvalue weighted by Crippen LogP contribution is 2.40. The van der Waals surface area contributed by atoms with Gasteiger partial charge < -0.3 is 14.4 Å². The van der Waals surface area contributed by atoms with Crippen molar-refractivity contribution in [1.82, 2.24) is 4.90 Å². The van der Waals surface area contributed by atoms with Gasteiger partial charge in [-0.1, -0.05) is 24.3 Å². The molecule has 0 spiro atoms. The van der Waals surface area contributed by atoms with Gasteiger partial charge in [0.2, 0.25) is 0 Å². The molecule has 0 bridgehead atoms. The van der Waals surface area contributed by atoms with Crippen molar-refractivity contribution in [1.29, 1.82) is 0 Å². The van der Waals surface area contributed by atoms with Gasteiger partial charge in [0, 0.05) is 40.0 Å². The number of benzene rings is 2. The van der Waals surface area contributed by atoms with E-state index in [1.807, 2.05) is 7.05 Å². The van der Waals surface area contributed by atoms with E-state index in [0.717, 1.165) is 31.3 Å². The lowest BCUT2D eigenvalue weighted by molar-refractivity contribution is -0.140. The van der Waals surface area contributed by atoms with Gasteiger partial charge in [-0.3, -0.25) is 4.79 Å². The van der Waals surface area contributed by atoms with Crippen molar-refractivity contribution in [3.05, 3.63) is 70.4 Å². The molecule has 9 nitrogen and oxygen atoms in total. The van der Waals surface area contributed by atoms with Crippen LogP contribution in [0.1, 0.15) is 37.3 Å². The maximum Gasteiger partial charge on any atom is 0.339 e. The van der Waals surface area contributed by atoms with Gasteiger partial charge in [-0.25, -0.2) is 17.6 Å². The minimum absolute atomic E-state index is 0.00360. The Labute approximate surface area is 231 Å². The molecule has 0 aromatic heterocycles. The fourth-order valence-electron chi connectivity index (χ4n) is 4.30. The first-order valence-electron chi connectivity index (χ1n) is 12.2. The first-order valence-corrected chi connectivity index (χ1v) is 14.9. The summed E-state index contributed by atoms with van der Waals surface area (Å²) in [7, 11) is -1.48. The first-order chi connectivity index (χ1) is 18.4. The SMILES string of the molecule is CC(=O)OC/C(=C(\C(=O)OCCC1(SN=O)CCN(C)CC1)c1ccc(F)cc1)c1ccc(S(C)(=O)=O)cc1. The number of halogens is 1. The molecule has 2 aromatic rings. The van der Waals surface area contributed by atoms with Crippen LogP contribution in [0, 0.1) is 10.7 Å². The minimum Gasteiger partial charge on any atom is -0.462 e. The van der Waals surface area contributed by atoms with Crippen molar-refractivity contribution in [2.75, 3.05) is 39.6 Å². The van der Waals surface area contributed by atoms with Gasteiger partial charge in [-0.15, -0.1) is 4.91 Å². The van der Waals surface area contributed by atoms with Crippen LogP contribution in [0.4, 0.5) is 4.39 Å². The van der Waals surface area contributed by atoms with Crippen LogP contribution in [0.15, 0.2) is 58.0 Å². The summed E-state index contributed by atoms with van der Waals surface area (Å²) in [5, 5.41) is 0. The number of piperidine rings is 1. The molecule has 0 N–H and O–H groups in total. The lowest BCUT2D eigenvalue weighted by atomic mass is 9.92. The number of hydrogen-bond donors (Lipinski definition) is 0. The van der Waals surface area contributed by atoms with Gasteiger partial charge in [0.05, 0.1) is 17.1 Å². The van der Waals surface area contributed by atoms with Crippen LogP contribution in [0.2, 0.25) is 0 Å². The van der Waals surface area contributed by atoms with Gasteiger partial charge in [-0.05, 0) is 74.8 Å². The molecule has 0 amide bonds. The van der Waals surface area contributed by atoms with Gasteiger partial charge in [0.1, 0.15) is 12.4 Å². The molecule has 1 aliphatic heterocycles. The van der Waals surface area contributed by atoms with E-state index in [-0.39, 0.29) is 29.3 Å². The smallest absolute Gasteiger partial charge is 0.339 e. The largest absolute Gasteiger partial charge is 0.462 e. The average Bonchev–Trinajstić information content (AvgIpc) is 2.88. The van der Waals surface area contributed by atoms with Gasteiger partial charge in [-0.2, -0.15) is 0 Å². The normalized spacial score (nSPS) is 16.2. The van der Waals surface area contributed by atoms with Crippen LogP contribution in [-0.2, 0) is 28.9 Å². The number of carbonyl (C=O) groups is 2.